The summed E-state index contributed by atoms with van der Waals surface area (Å²) >= 11 is 0. The quantitative estimate of drug-likeness (QED) is 0.0283. The van der Waals surface area contributed by atoms with Gasteiger partial charge in [-0.2, -0.15) is 0 Å². The second-order valence-electron chi connectivity index (χ2n) is 22.3. The van der Waals surface area contributed by atoms with Crippen LogP contribution < -0.4 is 51.4 Å². The molecule has 12 aromatic rings. The summed E-state index contributed by atoms with van der Waals surface area (Å²) in [5, 5.41) is 9.94. The number of unbranched alkanes of at least 4 members (excludes halogenated alkanes) is 7. The predicted molar refractivity (Wildman–Crippen MR) is 345 cm³/mol. The van der Waals surface area contributed by atoms with Crippen LogP contribution in [0.5, 0.6) is 0 Å². The van der Waals surface area contributed by atoms with Crippen molar-refractivity contribution in [2.75, 3.05) is 0 Å². The van der Waals surface area contributed by atoms with Crippen molar-refractivity contribution < 1.29 is 79.5 Å². The van der Waals surface area contributed by atoms with Gasteiger partial charge >= 0.3 is 57.4 Å². The number of hydrogen-bond donors (Lipinski definition) is 0. The van der Waals surface area contributed by atoms with Gasteiger partial charge < -0.3 is 32.9 Å². The van der Waals surface area contributed by atoms with Crippen molar-refractivity contribution in [3.8, 4) is 11.4 Å². The average molecular weight is 1160 g/mol. The molecule has 5 unspecified atom stereocenters. The molecule has 0 aliphatic heterocycles. The molecular weight excluding hydrogens is 1090 g/mol. The molecule has 6 nitrogen and oxygen atoms in total. The van der Waals surface area contributed by atoms with E-state index in [1.807, 2.05) is 12.2 Å². The third kappa shape index (κ3) is 11.6. The Kier molecular flexibility index (Phi) is 20.5. The molecule has 1 radical (unpaired) electrons. The number of aromatic nitrogens is 4. The molecule has 4 heterocycles. The van der Waals surface area contributed by atoms with E-state index in [0.717, 1.165) is 71.7 Å². The van der Waals surface area contributed by atoms with Crippen molar-refractivity contribution in [2.24, 2.45) is 17.8 Å². The Morgan fingerprint density at radius 2 is 0.878 bits per heavy atom. The van der Waals surface area contributed by atoms with Crippen LogP contribution in [0.25, 0.3) is 98.6 Å². The van der Waals surface area contributed by atoms with Crippen LogP contribution >= 0.6 is 9.90 Å². The maximum absolute atomic E-state index is 14.5. The summed E-state index contributed by atoms with van der Waals surface area (Å²) in [6.45, 7) is 15.0. The van der Waals surface area contributed by atoms with Crippen molar-refractivity contribution in [1.82, 2.24) is 18.3 Å². The standard InChI is InChI=1S/C57H57N3O2.C16H17N.K.H2P.V/c1-4-7-8-9-10-11-12-13-30-56(62-57(61)47-36-39(5-2)35-40(47)6-3)60-54-33-31-41(58-50-26-18-14-22-43(50)44-23-15-19-27-51(44)58)37-48(54)49-38-42(32-34-55(49)60)59-52-28-20-16-24-45(52)46-25-17-21-29-53(46)59;1-3-12(2)17-15-10-6-4-8-13(15)14-9-5-7-11-16(14)17;;;/h5-6,14-29,31-34,37-40,47,56H,2-4,7-13,30,35-36H2,1H3;4-12H,3H2,1-2H3;;1H2;/q;;+1;-1;. The topological polar surface area (TPSA) is 46.0 Å². The van der Waals surface area contributed by atoms with E-state index < -0.39 is 6.23 Å². The molecular formula is C73H76KN4O2PV. The molecule has 4 aromatic heterocycles. The van der Waals surface area contributed by atoms with E-state index in [-0.39, 0.29) is 104 Å². The predicted octanol–water partition coefficient (Wildman–Crippen LogP) is 17.7. The zero-order valence-corrected chi connectivity index (χ0v) is 54.1. The molecule has 9 heteroatoms. The van der Waals surface area contributed by atoms with Crippen molar-refractivity contribution in [3.63, 3.8) is 0 Å². The zero-order chi connectivity index (χ0) is 54.0. The minimum Gasteiger partial charge on any atom is -0.577 e. The molecule has 0 saturated heterocycles. The minimum absolute atomic E-state index is 0. The number of esters is 1. The first-order valence-corrected chi connectivity index (χ1v) is 29.4. The first-order chi connectivity index (χ1) is 38.9. The molecule has 0 amide bonds. The van der Waals surface area contributed by atoms with Crippen LogP contribution in [-0.4, -0.2) is 24.2 Å². The van der Waals surface area contributed by atoms with Gasteiger partial charge in [-0.05, 0) is 117 Å². The van der Waals surface area contributed by atoms with Gasteiger partial charge in [-0.3, -0.25) is 4.79 Å². The molecule has 5 atom stereocenters. The van der Waals surface area contributed by atoms with Gasteiger partial charge in [0.15, 0.2) is 6.23 Å². The van der Waals surface area contributed by atoms with Gasteiger partial charge in [-0.1, -0.05) is 180 Å². The number of nitrogens with zero attached hydrogens (tertiary/aromatic N) is 4. The summed E-state index contributed by atoms with van der Waals surface area (Å²) in [6, 6.07) is 66.4. The van der Waals surface area contributed by atoms with Crippen molar-refractivity contribution in [3.05, 3.63) is 207 Å². The average Bonchev–Trinajstić information content (AvgIpc) is 4.51. The number of ether oxygens (including phenoxy) is 1. The molecule has 1 saturated carbocycles. The molecule has 8 aromatic carbocycles. The number of para-hydroxylation sites is 6. The molecule has 1 aliphatic rings. The van der Waals surface area contributed by atoms with Gasteiger partial charge in [0.2, 0.25) is 0 Å². The minimum atomic E-state index is -0.464. The van der Waals surface area contributed by atoms with Gasteiger partial charge in [-0.15, -0.1) is 13.2 Å². The van der Waals surface area contributed by atoms with Crippen LogP contribution in [0.2, 0.25) is 0 Å². The normalized spacial score (nSPS) is 15.8. The van der Waals surface area contributed by atoms with Gasteiger partial charge in [0, 0.05) is 96.5 Å². The summed E-state index contributed by atoms with van der Waals surface area (Å²) in [4.78, 5) is 14.5. The van der Waals surface area contributed by atoms with E-state index in [1.54, 1.807) is 0 Å². The van der Waals surface area contributed by atoms with E-state index in [9.17, 15) is 4.79 Å². The largest absolute Gasteiger partial charge is 1.00 e. The first-order valence-electron chi connectivity index (χ1n) is 29.4. The molecule has 0 spiro atoms. The summed E-state index contributed by atoms with van der Waals surface area (Å²) < 4.78 is 16.4. The Morgan fingerprint density at radius 1 is 0.500 bits per heavy atom. The summed E-state index contributed by atoms with van der Waals surface area (Å²) in [5.41, 5.74) is 11.7. The Balaban J connectivity index is 0.000000346. The van der Waals surface area contributed by atoms with Crippen molar-refractivity contribution >= 4 is 103 Å². The van der Waals surface area contributed by atoms with Crippen LogP contribution in [0.4, 0.5) is 0 Å². The van der Waals surface area contributed by atoms with Crippen molar-refractivity contribution in [1.29, 1.82) is 0 Å². The fourth-order valence-corrected chi connectivity index (χ4v) is 13.4. The molecule has 1 fully saturated rings. The fraction of sp³-hybridized carbons (Fsp3) is 0.274. The number of fused-ring (bicyclic) bond motifs is 12. The summed E-state index contributed by atoms with van der Waals surface area (Å²) in [7, 11) is 0. The maximum atomic E-state index is 14.5. The number of benzene rings is 8. The second-order valence-corrected chi connectivity index (χ2v) is 22.3. The third-order valence-electron chi connectivity index (χ3n) is 17.5. The second kappa shape index (κ2) is 27.5. The monoisotopic (exact) mass is 1160 g/mol. The van der Waals surface area contributed by atoms with E-state index in [2.05, 4.69) is 234 Å². The number of hydrogen-bond acceptors (Lipinski definition) is 2. The Hall–Kier alpha value is -5.44. The zero-order valence-electron chi connectivity index (χ0n) is 48.4. The van der Waals surface area contributed by atoms with Crippen molar-refractivity contribution in [2.45, 2.75) is 110 Å². The van der Waals surface area contributed by atoms with Crippen LogP contribution in [0.15, 0.2) is 207 Å². The van der Waals surface area contributed by atoms with Crippen LogP contribution in [0.3, 0.4) is 0 Å². The van der Waals surface area contributed by atoms with Gasteiger partial charge in [0.25, 0.3) is 0 Å². The van der Waals surface area contributed by atoms with Crippen LogP contribution in [-0.2, 0) is 28.1 Å². The Labute approximate surface area is 541 Å². The van der Waals surface area contributed by atoms with Crippen LogP contribution in [0.1, 0.15) is 110 Å². The summed E-state index contributed by atoms with van der Waals surface area (Å²) in [5.74, 6) is 0.0135. The number of rotatable bonds is 18. The number of carbonyl (C=O) groups is 1. The van der Waals surface area contributed by atoms with E-state index in [1.165, 1.54) is 104 Å². The smallest absolute Gasteiger partial charge is 0.577 e. The van der Waals surface area contributed by atoms with Gasteiger partial charge in [0.1, 0.15) is 0 Å². The number of allylic oxidation sites excluding steroid dienone is 2. The summed E-state index contributed by atoms with van der Waals surface area (Å²) in [6.07, 6.45) is 16.7. The number of carbonyl (C=O) groups excluding carboxylic acids is 1. The van der Waals surface area contributed by atoms with E-state index >= 15 is 0 Å². The van der Waals surface area contributed by atoms with Crippen LogP contribution in [0, 0.1) is 17.8 Å². The third-order valence-corrected chi connectivity index (χ3v) is 17.5. The Morgan fingerprint density at radius 3 is 1.28 bits per heavy atom. The Bertz CT molecular complexity index is 3870. The molecule has 13 rings (SSSR count). The molecule has 1 aliphatic carbocycles. The van der Waals surface area contributed by atoms with Gasteiger partial charge in [-0.25, -0.2) is 0 Å². The van der Waals surface area contributed by atoms with Gasteiger partial charge in [0.05, 0.1) is 39.0 Å². The molecule has 82 heavy (non-hydrogen) atoms. The molecule has 411 valence electrons. The maximum Gasteiger partial charge on any atom is 1.00 e. The SMILES string of the molecule is C=CC1CC(C=C)C(C(=O)OC(CCCCCCCCCC)n2c3ccc(-n4c5ccccc5c5ccccc54)cc3c3cc(-n4c5ccccc5c5ccccc54)ccc32)C1.CCC(C)n1c2ccccc2c2ccccc21.[K+].[PH2-].[V]. The van der Waals surface area contributed by atoms with E-state index in [0.29, 0.717) is 6.04 Å². The molecule has 0 N–H and O–H groups in total. The van der Waals surface area contributed by atoms with E-state index in [4.69, 9.17) is 4.74 Å². The first kappa shape index (κ1) is 61.1. The fourth-order valence-electron chi connectivity index (χ4n) is 13.4. The molecule has 0 bridgehead atoms.